The second-order valence-corrected chi connectivity index (χ2v) is 3.03. The number of fused-ring (bicyclic) bond motifs is 1. The molecule has 12 heavy (non-hydrogen) atoms. The molecule has 0 unspecified atom stereocenters. The molecule has 0 aliphatic heterocycles. The first-order valence-electron chi connectivity index (χ1n) is 3.65. The summed E-state index contributed by atoms with van der Waals surface area (Å²) < 4.78 is 0. The number of hydrogen-bond acceptors (Lipinski definition) is 2. The highest BCUT2D eigenvalue weighted by Crippen LogP contribution is 2.20. The lowest BCUT2D eigenvalue weighted by molar-refractivity contribution is 1.20. The summed E-state index contributed by atoms with van der Waals surface area (Å²) in [4.78, 5) is 8.35. The van der Waals surface area contributed by atoms with E-state index in [9.17, 15) is 0 Å². The molecule has 0 aliphatic rings. The molecule has 0 fully saturated rings. The van der Waals surface area contributed by atoms with E-state index < -0.39 is 0 Å². The minimum atomic E-state index is 0.711. The van der Waals surface area contributed by atoms with Crippen LogP contribution in [0.1, 0.15) is 5.69 Å². The third-order valence-electron chi connectivity index (χ3n) is 1.66. The van der Waals surface area contributed by atoms with Gasteiger partial charge in [0.25, 0.3) is 0 Å². The van der Waals surface area contributed by atoms with E-state index in [0.29, 0.717) is 10.7 Å². The summed E-state index contributed by atoms with van der Waals surface area (Å²) >= 11 is 5.98. The molecule has 0 atom stereocenters. The highest BCUT2D eigenvalue weighted by molar-refractivity contribution is 6.35. The predicted molar refractivity (Wildman–Crippen MR) is 49.3 cm³/mol. The van der Waals surface area contributed by atoms with Crippen molar-refractivity contribution in [3.8, 4) is 0 Å². The normalized spacial score (nSPS) is 10.5. The Bertz CT molecular complexity index is 426. The van der Waals surface area contributed by atoms with Crippen molar-refractivity contribution in [3.05, 3.63) is 35.1 Å². The van der Waals surface area contributed by atoms with Crippen molar-refractivity contribution in [1.82, 2.24) is 9.97 Å². The fraction of sp³-hybridized carbons (Fsp3) is 0.111. The van der Waals surface area contributed by atoms with Crippen LogP contribution in [0.2, 0.25) is 5.02 Å². The Morgan fingerprint density at radius 1 is 1.42 bits per heavy atom. The van der Waals surface area contributed by atoms with Gasteiger partial charge in [0.15, 0.2) is 5.65 Å². The Balaban J connectivity index is 2.89. The topological polar surface area (TPSA) is 25.8 Å². The fourth-order valence-electron chi connectivity index (χ4n) is 1.13. The maximum absolute atomic E-state index is 5.98. The average molecular weight is 179 g/mol. The lowest BCUT2D eigenvalue weighted by Gasteiger charge is -1.99. The second kappa shape index (κ2) is 2.72. The van der Waals surface area contributed by atoms with Crippen LogP contribution < -0.4 is 0 Å². The number of aromatic nitrogens is 2. The third-order valence-corrected chi connectivity index (χ3v) is 1.97. The van der Waals surface area contributed by atoms with E-state index in [1.54, 1.807) is 6.20 Å². The highest BCUT2D eigenvalue weighted by atomic mass is 35.5. The molecule has 0 spiro atoms. The van der Waals surface area contributed by atoms with Gasteiger partial charge in [-0.25, -0.2) is 9.97 Å². The number of halogens is 1. The van der Waals surface area contributed by atoms with Crippen LogP contribution in [0.15, 0.2) is 24.4 Å². The zero-order valence-corrected chi connectivity index (χ0v) is 7.34. The molecule has 0 saturated carbocycles. The van der Waals surface area contributed by atoms with Gasteiger partial charge in [-0.15, -0.1) is 0 Å². The molecule has 0 bridgehead atoms. The largest absolute Gasteiger partial charge is 0.237 e. The van der Waals surface area contributed by atoms with Gasteiger partial charge in [-0.3, -0.25) is 0 Å². The first kappa shape index (κ1) is 7.50. The molecule has 0 aromatic carbocycles. The Morgan fingerprint density at radius 2 is 2.25 bits per heavy atom. The molecule has 0 saturated heterocycles. The molecule has 0 aliphatic carbocycles. The van der Waals surface area contributed by atoms with Gasteiger partial charge in [0.05, 0.1) is 5.02 Å². The van der Waals surface area contributed by atoms with Gasteiger partial charge < -0.3 is 0 Å². The van der Waals surface area contributed by atoms with Crippen molar-refractivity contribution < 1.29 is 0 Å². The monoisotopic (exact) mass is 178 g/mol. The average Bonchev–Trinajstić information content (AvgIpc) is 2.04. The lowest BCUT2D eigenvalue weighted by Crippen LogP contribution is -1.86. The van der Waals surface area contributed by atoms with E-state index in [-0.39, 0.29) is 0 Å². The zero-order valence-electron chi connectivity index (χ0n) is 6.58. The maximum atomic E-state index is 5.98. The van der Waals surface area contributed by atoms with Crippen LogP contribution >= 0.6 is 11.6 Å². The minimum Gasteiger partial charge on any atom is -0.237 e. The zero-order chi connectivity index (χ0) is 8.55. The molecule has 2 aromatic rings. The van der Waals surface area contributed by atoms with Crippen molar-refractivity contribution in [2.24, 2.45) is 0 Å². The van der Waals surface area contributed by atoms with Gasteiger partial charge in [-0.05, 0) is 25.1 Å². The Labute approximate surface area is 75.2 Å². The number of aryl methyl sites for hydroxylation is 1. The van der Waals surface area contributed by atoms with Gasteiger partial charge >= 0.3 is 0 Å². The van der Waals surface area contributed by atoms with E-state index >= 15 is 0 Å². The molecule has 2 nitrogen and oxygen atoms in total. The van der Waals surface area contributed by atoms with Crippen molar-refractivity contribution >= 4 is 22.6 Å². The molecule has 0 radical (unpaired) electrons. The van der Waals surface area contributed by atoms with Crippen molar-refractivity contribution in [2.45, 2.75) is 6.92 Å². The summed E-state index contributed by atoms with van der Waals surface area (Å²) in [6, 6.07) is 5.61. The first-order chi connectivity index (χ1) is 5.77. The molecular weight excluding hydrogens is 172 g/mol. The molecule has 0 N–H and O–H groups in total. The summed E-state index contributed by atoms with van der Waals surface area (Å²) in [5.74, 6) is 0. The van der Waals surface area contributed by atoms with E-state index in [1.165, 1.54) is 0 Å². The Hall–Kier alpha value is -1.15. The highest BCUT2D eigenvalue weighted by Gasteiger charge is 2.00. The van der Waals surface area contributed by atoms with Gasteiger partial charge in [-0.1, -0.05) is 11.6 Å². The number of rotatable bonds is 0. The van der Waals surface area contributed by atoms with Crippen LogP contribution in [0.25, 0.3) is 11.0 Å². The van der Waals surface area contributed by atoms with Gasteiger partial charge in [0, 0.05) is 17.3 Å². The van der Waals surface area contributed by atoms with Crippen LogP contribution in [-0.4, -0.2) is 9.97 Å². The lowest BCUT2D eigenvalue weighted by atomic mass is 10.2. The quantitative estimate of drug-likeness (QED) is 0.620. The standard InChI is InChI=1S/C9H7ClN2/c1-6-5-8(10)7-3-2-4-11-9(7)12-6/h2-5H,1H3. The predicted octanol–water partition coefficient (Wildman–Crippen LogP) is 2.59. The van der Waals surface area contributed by atoms with Crippen LogP contribution in [-0.2, 0) is 0 Å². The van der Waals surface area contributed by atoms with Crippen molar-refractivity contribution in [3.63, 3.8) is 0 Å². The summed E-state index contributed by atoms with van der Waals surface area (Å²) in [5.41, 5.74) is 1.61. The van der Waals surface area contributed by atoms with Crippen molar-refractivity contribution in [1.29, 1.82) is 0 Å². The summed E-state index contributed by atoms with van der Waals surface area (Å²) in [5, 5.41) is 1.62. The molecular formula is C9H7ClN2. The summed E-state index contributed by atoms with van der Waals surface area (Å²) in [6.45, 7) is 1.90. The molecule has 0 amide bonds. The maximum Gasteiger partial charge on any atom is 0.160 e. The van der Waals surface area contributed by atoms with Crippen LogP contribution in [0.4, 0.5) is 0 Å². The van der Waals surface area contributed by atoms with E-state index in [2.05, 4.69) is 9.97 Å². The number of pyridine rings is 2. The third kappa shape index (κ3) is 1.14. The Kier molecular flexibility index (Phi) is 1.70. The molecule has 60 valence electrons. The molecule has 3 heteroatoms. The second-order valence-electron chi connectivity index (χ2n) is 2.62. The number of hydrogen-bond donors (Lipinski definition) is 0. The summed E-state index contributed by atoms with van der Waals surface area (Å²) in [6.07, 6.45) is 1.71. The van der Waals surface area contributed by atoms with Crippen LogP contribution in [0, 0.1) is 6.92 Å². The first-order valence-corrected chi connectivity index (χ1v) is 4.03. The molecule has 2 aromatic heterocycles. The van der Waals surface area contributed by atoms with Gasteiger partial charge in [-0.2, -0.15) is 0 Å². The Morgan fingerprint density at radius 3 is 3.08 bits per heavy atom. The SMILES string of the molecule is Cc1cc(Cl)c2cccnc2n1. The van der Waals surface area contributed by atoms with Crippen molar-refractivity contribution in [2.75, 3.05) is 0 Å². The summed E-state index contributed by atoms with van der Waals surface area (Å²) in [7, 11) is 0. The minimum absolute atomic E-state index is 0.711. The molecule has 2 heterocycles. The van der Waals surface area contributed by atoms with Gasteiger partial charge in [0.2, 0.25) is 0 Å². The van der Waals surface area contributed by atoms with E-state index in [4.69, 9.17) is 11.6 Å². The molecule has 2 rings (SSSR count). The van der Waals surface area contributed by atoms with Gasteiger partial charge in [0.1, 0.15) is 0 Å². The smallest absolute Gasteiger partial charge is 0.160 e. The van der Waals surface area contributed by atoms with Crippen LogP contribution in [0.3, 0.4) is 0 Å². The van der Waals surface area contributed by atoms with Crippen LogP contribution in [0.5, 0.6) is 0 Å². The fourth-order valence-corrected chi connectivity index (χ4v) is 1.44. The van der Waals surface area contributed by atoms with E-state index in [1.807, 2.05) is 25.1 Å². The van der Waals surface area contributed by atoms with E-state index in [0.717, 1.165) is 11.1 Å². The number of nitrogens with zero attached hydrogens (tertiary/aromatic N) is 2.